The van der Waals surface area contributed by atoms with Crippen LogP contribution in [0.2, 0.25) is 0 Å². The normalized spacial score (nSPS) is 10.5. The lowest BCUT2D eigenvalue weighted by molar-refractivity contribution is -0.133. The highest BCUT2D eigenvalue weighted by Gasteiger charge is 2.11. The fraction of sp³-hybridized carbons (Fsp3) is 0.318. The summed E-state index contributed by atoms with van der Waals surface area (Å²) in [5.41, 5.74) is 1.18. The minimum atomic E-state index is -0.369. The third-order valence-electron chi connectivity index (χ3n) is 4.23. The lowest BCUT2D eigenvalue weighted by Crippen LogP contribution is -2.34. The first kappa shape index (κ1) is 22.7. The second-order valence-electron chi connectivity index (χ2n) is 6.15. The van der Waals surface area contributed by atoms with Gasteiger partial charge in [0.1, 0.15) is 11.5 Å². The van der Waals surface area contributed by atoms with Crippen molar-refractivity contribution in [1.29, 1.82) is 0 Å². The smallest absolute Gasteiger partial charge is 0.265 e. The van der Waals surface area contributed by atoms with E-state index in [0.29, 0.717) is 35.8 Å². The van der Waals surface area contributed by atoms with E-state index in [1.165, 1.54) is 13.3 Å². The molecule has 0 heterocycles. The van der Waals surface area contributed by atoms with Gasteiger partial charge in [-0.3, -0.25) is 9.59 Å². The number of carbonyl (C=O) groups is 2. The molecule has 2 aromatic carbocycles. The van der Waals surface area contributed by atoms with E-state index in [2.05, 4.69) is 10.5 Å². The predicted octanol–water partition coefficient (Wildman–Crippen LogP) is 2.93. The molecule has 2 amide bonds. The standard InChI is InChI=1S/C22H27N3O5/c1-4-25(5-2)22(27)16-29-19-12-8-6-10-17(19)14-23-30-15-21(26)24-18-11-7-9-13-20(18)28-3/h6-14H,4-5,15-16H2,1-3H3,(H,24,26). The topological polar surface area (TPSA) is 89.5 Å². The highest BCUT2D eigenvalue weighted by atomic mass is 16.6. The van der Waals surface area contributed by atoms with Crippen molar-refractivity contribution in [3.05, 3.63) is 54.1 Å². The van der Waals surface area contributed by atoms with Gasteiger partial charge < -0.3 is 24.5 Å². The van der Waals surface area contributed by atoms with Crippen LogP contribution in [0.3, 0.4) is 0 Å². The number of oxime groups is 1. The molecular formula is C22H27N3O5. The fourth-order valence-electron chi connectivity index (χ4n) is 2.65. The lowest BCUT2D eigenvalue weighted by Gasteiger charge is -2.19. The Morgan fingerprint density at radius 1 is 1.00 bits per heavy atom. The molecule has 0 unspecified atom stereocenters. The summed E-state index contributed by atoms with van der Waals surface area (Å²) in [5, 5.41) is 6.52. The van der Waals surface area contributed by atoms with Gasteiger partial charge in [0.15, 0.2) is 13.2 Å². The first-order valence-corrected chi connectivity index (χ1v) is 9.66. The molecule has 0 bridgehead atoms. The zero-order valence-corrected chi connectivity index (χ0v) is 17.5. The van der Waals surface area contributed by atoms with Gasteiger partial charge in [-0.15, -0.1) is 0 Å². The lowest BCUT2D eigenvalue weighted by atomic mass is 10.2. The molecule has 0 aromatic heterocycles. The SMILES string of the molecule is CCN(CC)C(=O)COc1ccccc1C=NOCC(=O)Nc1ccccc1OC. The van der Waals surface area contributed by atoms with Crippen molar-refractivity contribution in [2.24, 2.45) is 5.16 Å². The fourth-order valence-corrected chi connectivity index (χ4v) is 2.65. The minimum Gasteiger partial charge on any atom is -0.495 e. The summed E-state index contributed by atoms with van der Waals surface area (Å²) in [7, 11) is 1.53. The number of ether oxygens (including phenoxy) is 2. The van der Waals surface area contributed by atoms with Crippen molar-refractivity contribution in [2.45, 2.75) is 13.8 Å². The minimum absolute atomic E-state index is 0.0608. The molecule has 8 nitrogen and oxygen atoms in total. The molecule has 160 valence electrons. The molecule has 2 aromatic rings. The first-order chi connectivity index (χ1) is 14.6. The van der Waals surface area contributed by atoms with Crippen LogP contribution in [0, 0.1) is 0 Å². The van der Waals surface area contributed by atoms with E-state index in [1.807, 2.05) is 26.0 Å². The van der Waals surface area contributed by atoms with Gasteiger partial charge in [0, 0.05) is 18.7 Å². The molecule has 0 saturated carbocycles. The second kappa shape index (κ2) is 12.1. The molecule has 1 N–H and O–H groups in total. The van der Waals surface area contributed by atoms with Crippen LogP contribution in [0.15, 0.2) is 53.7 Å². The molecule has 0 saturated heterocycles. The average Bonchev–Trinajstić information content (AvgIpc) is 2.77. The van der Waals surface area contributed by atoms with E-state index >= 15 is 0 Å². The summed E-state index contributed by atoms with van der Waals surface area (Å²) in [5.74, 6) is 0.602. The molecule has 0 atom stereocenters. The van der Waals surface area contributed by atoms with Crippen molar-refractivity contribution < 1.29 is 23.9 Å². The number of amides is 2. The maximum atomic E-state index is 12.1. The number of likely N-dealkylation sites (N-methyl/N-ethyl adjacent to an activating group) is 1. The van der Waals surface area contributed by atoms with Crippen LogP contribution >= 0.6 is 0 Å². The third kappa shape index (κ3) is 6.80. The summed E-state index contributed by atoms with van der Waals surface area (Å²) in [6.07, 6.45) is 1.44. The summed E-state index contributed by atoms with van der Waals surface area (Å²) in [6.45, 7) is 4.78. The Kier molecular flexibility index (Phi) is 9.18. The maximum Gasteiger partial charge on any atom is 0.265 e. The van der Waals surface area contributed by atoms with Gasteiger partial charge in [0.2, 0.25) is 0 Å². The second-order valence-corrected chi connectivity index (χ2v) is 6.15. The Bertz CT molecular complexity index is 865. The summed E-state index contributed by atoms with van der Waals surface area (Å²) in [6, 6.07) is 14.2. The van der Waals surface area contributed by atoms with E-state index in [9.17, 15) is 9.59 Å². The number of nitrogens with zero attached hydrogens (tertiary/aromatic N) is 2. The van der Waals surface area contributed by atoms with Gasteiger partial charge in [-0.2, -0.15) is 0 Å². The molecule has 0 radical (unpaired) electrons. The summed E-state index contributed by atoms with van der Waals surface area (Å²) >= 11 is 0. The van der Waals surface area contributed by atoms with Gasteiger partial charge in [0.05, 0.1) is 19.0 Å². The van der Waals surface area contributed by atoms with E-state index < -0.39 is 0 Å². The number of benzene rings is 2. The molecule has 0 aliphatic heterocycles. The zero-order valence-electron chi connectivity index (χ0n) is 17.5. The highest BCUT2D eigenvalue weighted by molar-refractivity contribution is 5.93. The number of para-hydroxylation sites is 3. The molecule has 2 rings (SSSR count). The average molecular weight is 413 g/mol. The summed E-state index contributed by atoms with van der Waals surface area (Å²) < 4.78 is 10.8. The third-order valence-corrected chi connectivity index (χ3v) is 4.23. The number of hydrogen-bond acceptors (Lipinski definition) is 6. The number of carbonyl (C=O) groups excluding carboxylic acids is 2. The molecule has 0 aliphatic carbocycles. The number of anilines is 1. The van der Waals surface area contributed by atoms with Crippen molar-refractivity contribution in [3.8, 4) is 11.5 Å². The zero-order chi connectivity index (χ0) is 21.8. The van der Waals surface area contributed by atoms with Gasteiger partial charge in [0.25, 0.3) is 11.8 Å². The quantitative estimate of drug-likeness (QED) is 0.452. The van der Waals surface area contributed by atoms with Crippen molar-refractivity contribution in [2.75, 3.05) is 38.7 Å². The van der Waals surface area contributed by atoms with E-state index in [0.717, 1.165) is 0 Å². The highest BCUT2D eigenvalue weighted by Crippen LogP contribution is 2.22. The number of methoxy groups -OCH3 is 1. The molecular weight excluding hydrogens is 386 g/mol. The van der Waals surface area contributed by atoms with E-state index in [1.54, 1.807) is 41.3 Å². The van der Waals surface area contributed by atoms with Crippen LogP contribution in [-0.4, -0.2) is 56.3 Å². The molecule has 0 fully saturated rings. The number of nitrogens with one attached hydrogen (secondary N) is 1. The number of rotatable bonds is 11. The Labute approximate surface area is 176 Å². The summed E-state index contributed by atoms with van der Waals surface area (Å²) in [4.78, 5) is 30.9. The van der Waals surface area contributed by atoms with Crippen molar-refractivity contribution in [1.82, 2.24) is 4.90 Å². The molecule has 0 spiro atoms. The van der Waals surface area contributed by atoms with Crippen molar-refractivity contribution >= 4 is 23.7 Å². The predicted molar refractivity (Wildman–Crippen MR) is 115 cm³/mol. The van der Waals surface area contributed by atoms with Gasteiger partial charge in [-0.25, -0.2) is 0 Å². The Hall–Kier alpha value is -3.55. The van der Waals surface area contributed by atoms with Crippen LogP contribution in [0.4, 0.5) is 5.69 Å². The Balaban J connectivity index is 1.87. The molecule has 30 heavy (non-hydrogen) atoms. The van der Waals surface area contributed by atoms with Crippen molar-refractivity contribution in [3.63, 3.8) is 0 Å². The van der Waals surface area contributed by atoms with Crippen LogP contribution in [0.5, 0.6) is 11.5 Å². The Morgan fingerprint density at radius 3 is 2.37 bits per heavy atom. The number of hydrogen-bond donors (Lipinski definition) is 1. The molecule has 8 heteroatoms. The monoisotopic (exact) mass is 413 g/mol. The van der Waals surface area contributed by atoms with Gasteiger partial charge in [-0.1, -0.05) is 29.4 Å². The van der Waals surface area contributed by atoms with E-state index in [4.69, 9.17) is 14.3 Å². The van der Waals surface area contributed by atoms with Gasteiger partial charge in [-0.05, 0) is 38.1 Å². The van der Waals surface area contributed by atoms with Crippen LogP contribution in [0.1, 0.15) is 19.4 Å². The van der Waals surface area contributed by atoms with Gasteiger partial charge >= 0.3 is 0 Å². The van der Waals surface area contributed by atoms with Crippen LogP contribution in [-0.2, 0) is 14.4 Å². The largest absolute Gasteiger partial charge is 0.495 e. The first-order valence-electron chi connectivity index (χ1n) is 9.66. The molecule has 0 aliphatic rings. The maximum absolute atomic E-state index is 12.1. The van der Waals surface area contributed by atoms with Crippen LogP contribution < -0.4 is 14.8 Å². The van der Waals surface area contributed by atoms with Crippen LogP contribution in [0.25, 0.3) is 0 Å². The van der Waals surface area contributed by atoms with E-state index in [-0.39, 0.29) is 25.0 Å². The Morgan fingerprint density at radius 2 is 1.67 bits per heavy atom.